The average Bonchev–Trinajstić information content (AvgIpc) is 2.53. The average molecular weight is 225 g/mol. The van der Waals surface area contributed by atoms with E-state index in [1.807, 2.05) is 5.16 Å². The Balaban J connectivity index is 3.09. The van der Waals surface area contributed by atoms with Crippen LogP contribution in [0.5, 0.6) is 0 Å². The highest BCUT2D eigenvalue weighted by molar-refractivity contribution is 7.78. The number of hydrogen-bond acceptors (Lipinski definition) is 5. The zero-order valence-corrected chi connectivity index (χ0v) is 7.84. The third-order valence-electron chi connectivity index (χ3n) is 1.70. The molecule has 0 saturated heterocycles. The topological polar surface area (TPSA) is 116 Å². The van der Waals surface area contributed by atoms with E-state index < -0.39 is 16.9 Å². The van der Waals surface area contributed by atoms with E-state index in [-0.39, 0.29) is 11.2 Å². The molecular formula is C6H3N5O3S. The quantitative estimate of drug-likeness (QED) is 0.407. The molecule has 0 aliphatic carbocycles. The number of rotatable bonds is 1. The van der Waals surface area contributed by atoms with Gasteiger partial charge < -0.3 is 0 Å². The van der Waals surface area contributed by atoms with Gasteiger partial charge in [0.05, 0.1) is 5.16 Å². The van der Waals surface area contributed by atoms with Gasteiger partial charge in [0.2, 0.25) is 0 Å². The number of H-pyrrole nitrogens is 3. The second-order valence-corrected chi connectivity index (χ2v) is 2.75. The number of fused-ring (bicyclic) bond motifs is 1. The van der Waals surface area contributed by atoms with E-state index >= 15 is 0 Å². The molecule has 0 amide bonds. The van der Waals surface area contributed by atoms with Crippen LogP contribution in [-0.4, -0.2) is 24.8 Å². The van der Waals surface area contributed by atoms with Gasteiger partial charge in [-0.25, -0.2) is 9.59 Å². The minimum absolute atomic E-state index is 0.0193. The van der Waals surface area contributed by atoms with Crippen LogP contribution < -0.4 is 16.9 Å². The van der Waals surface area contributed by atoms with E-state index in [4.69, 9.17) is 0 Å². The maximum absolute atomic E-state index is 11.5. The standard InChI is InChI=1S/C6H3N5O3S/c12-4-2-3(9-5(13)8-2)10-6(14)11(4)7-1-15/h(H,10,14)(H2,8,9,13). The lowest BCUT2D eigenvalue weighted by atomic mass is 10.5. The molecule has 2 aromatic heterocycles. The van der Waals surface area contributed by atoms with Crippen molar-refractivity contribution in [3.05, 3.63) is 31.3 Å². The molecule has 2 heterocycles. The molecule has 0 unspecified atom stereocenters. The first-order valence-electron chi connectivity index (χ1n) is 3.69. The number of isothiocyanates is 1. The summed E-state index contributed by atoms with van der Waals surface area (Å²) in [6, 6.07) is 0. The third kappa shape index (κ3) is 1.35. The first-order valence-corrected chi connectivity index (χ1v) is 4.10. The van der Waals surface area contributed by atoms with Crippen LogP contribution in [0, 0.1) is 0 Å². The highest BCUT2D eigenvalue weighted by Crippen LogP contribution is 1.91. The molecule has 0 atom stereocenters. The van der Waals surface area contributed by atoms with Gasteiger partial charge in [0.15, 0.2) is 5.52 Å². The van der Waals surface area contributed by atoms with Crippen molar-refractivity contribution in [2.45, 2.75) is 0 Å². The number of aromatic amines is 3. The smallest absolute Gasteiger partial charge is 0.300 e. The Morgan fingerprint density at radius 3 is 2.60 bits per heavy atom. The van der Waals surface area contributed by atoms with Gasteiger partial charge in [-0.15, -0.1) is 9.78 Å². The molecule has 8 nitrogen and oxygen atoms in total. The lowest BCUT2D eigenvalue weighted by molar-refractivity contribution is 0.771. The predicted molar refractivity (Wildman–Crippen MR) is 54.2 cm³/mol. The second-order valence-electron chi connectivity index (χ2n) is 2.57. The van der Waals surface area contributed by atoms with Gasteiger partial charge in [0.25, 0.3) is 0 Å². The predicted octanol–water partition coefficient (Wildman–Crippen LogP) is -1.43. The minimum Gasteiger partial charge on any atom is -0.300 e. The summed E-state index contributed by atoms with van der Waals surface area (Å²) >= 11 is 4.27. The molecule has 2 aromatic rings. The van der Waals surface area contributed by atoms with Crippen LogP contribution in [0.3, 0.4) is 0 Å². The molecule has 0 fully saturated rings. The zero-order chi connectivity index (χ0) is 11.0. The van der Waals surface area contributed by atoms with Gasteiger partial charge in [-0.05, 0) is 12.2 Å². The van der Waals surface area contributed by atoms with Crippen LogP contribution >= 0.6 is 12.2 Å². The molecule has 0 aliphatic rings. The SMILES string of the molecule is O=c1[nH]c2[nH]c(=O)n(N=C=S)c(=O)c2[nH]1. The first kappa shape index (κ1) is 9.31. The largest absolute Gasteiger partial charge is 0.351 e. The molecule has 0 radical (unpaired) electrons. The summed E-state index contributed by atoms with van der Waals surface area (Å²) in [5.41, 5.74) is -2.23. The maximum atomic E-state index is 11.5. The number of nitrogens with zero attached hydrogens (tertiary/aromatic N) is 2. The zero-order valence-electron chi connectivity index (χ0n) is 7.03. The lowest BCUT2D eigenvalue weighted by Crippen LogP contribution is -2.32. The Bertz CT molecular complexity index is 740. The molecule has 2 rings (SSSR count). The van der Waals surface area contributed by atoms with Gasteiger partial charge in [-0.3, -0.25) is 19.7 Å². The highest BCUT2D eigenvalue weighted by atomic mass is 32.1. The molecule has 3 N–H and O–H groups in total. The summed E-state index contributed by atoms with van der Waals surface area (Å²) in [5.74, 6) is 0. The highest BCUT2D eigenvalue weighted by Gasteiger charge is 2.08. The molecule has 76 valence electrons. The van der Waals surface area contributed by atoms with Crippen molar-refractivity contribution in [2.24, 2.45) is 5.10 Å². The summed E-state index contributed by atoms with van der Waals surface area (Å²) in [6.45, 7) is 0. The first-order chi connectivity index (χ1) is 7.13. The van der Waals surface area contributed by atoms with Crippen LogP contribution in [0.15, 0.2) is 19.5 Å². The van der Waals surface area contributed by atoms with E-state index in [1.54, 1.807) is 0 Å². The van der Waals surface area contributed by atoms with Crippen molar-refractivity contribution in [3.8, 4) is 0 Å². The Morgan fingerprint density at radius 2 is 1.93 bits per heavy atom. The molecule has 15 heavy (non-hydrogen) atoms. The van der Waals surface area contributed by atoms with Gasteiger partial charge in [-0.2, -0.15) is 0 Å². The molecule has 0 saturated carbocycles. The maximum Gasteiger partial charge on any atom is 0.351 e. The van der Waals surface area contributed by atoms with Gasteiger partial charge in [-0.1, -0.05) is 0 Å². The fourth-order valence-corrected chi connectivity index (χ4v) is 1.21. The lowest BCUT2D eigenvalue weighted by Gasteiger charge is -1.92. The molecule has 0 bridgehead atoms. The molecule has 0 aromatic carbocycles. The van der Waals surface area contributed by atoms with Crippen LogP contribution in [0.4, 0.5) is 0 Å². The fraction of sp³-hybridized carbons (Fsp3) is 0. The van der Waals surface area contributed by atoms with Crippen LogP contribution in [-0.2, 0) is 0 Å². The Labute approximate surface area is 85.3 Å². The van der Waals surface area contributed by atoms with Gasteiger partial charge in [0, 0.05) is 0 Å². The van der Waals surface area contributed by atoms with E-state index in [9.17, 15) is 14.4 Å². The molecular weight excluding hydrogens is 222 g/mol. The van der Waals surface area contributed by atoms with Crippen molar-refractivity contribution in [2.75, 3.05) is 0 Å². The Morgan fingerprint density at radius 1 is 1.20 bits per heavy atom. The van der Waals surface area contributed by atoms with E-state index in [0.29, 0.717) is 4.68 Å². The van der Waals surface area contributed by atoms with Crippen molar-refractivity contribution in [3.63, 3.8) is 0 Å². The van der Waals surface area contributed by atoms with E-state index in [2.05, 4.69) is 32.3 Å². The van der Waals surface area contributed by atoms with Gasteiger partial charge in [0.1, 0.15) is 5.65 Å². The van der Waals surface area contributed by atoms with Gasteiger partial charge >= 0.3 is 16.9 Å². The number of thiocarbonyl (C=S) groups is 1. The van der Waals surface area contributed by atoms with Crippen LogP contribution in [0.1, 0.15) is 0 Å². The number of hydrogen-bond donors (Lipinski definition) is 3. The van der Waals surface area contributed by atoms with Crippen molar-refractivity contribution in [1.82, 2.24) is 19.6 Å². The number of imidazole rings is 1. The van der Waals surface area contributed by atoms with E-state index in [1.165, 1.54) is 0 Å². The van der Waals surface area contributed by atoms with Crippen molar-refractivity contribution >= 4 is 28.5 Å². The molecule has 9 heteroatoms. The van der Waals surface area contributed by atoms with E-state index in [0.717, 1.165) is 0 Å². The monoisotopic (exact) mass is 225 g/mol. The molecule has 0 aliphatic heterocycles. The normalized spacial score (nSPS) is 10.1. The number of nitrogens with one attached hydrogen (secondary N) is 3. The summed E-state index contributed by atoms with van der Waals surface area (Å²) < 4.78 is 0.471. The summed E-state index contributed by atoms with van der Waals surface area (Å²) in [4.78, 5) is 40.3. The molecule has 0 spiro atoms. The van der Waals surface area contributed by atoms with Crippen molar-refractivity contribution in [1.29, 1.82) is 0 Å². The summed E-state index contributed by atoms with van der Waals surface area (Å²) in [7, 11) is 0. The Kier molecular flexibility index (Phi) is 1.96. The minimum atomic E-state index is -0.805. The van der Waals surface area contributed by atoms with Crippen molar-refractivity contribution < 1.29 is 0 Å². The summed E-state index contributed by atoms with van der Waals surface area (Å²) in [5, 5.41) is 5.14. The number of aromatic nitrogens is 4. The summed E-state index contributed by atoms with van der Waals surface area (Å²) in [6.07, 6.45) is 0. The second kappa shape index (κ2) is 3.15. The third-order valence-corrected chi connectivity index (χ3v) is 1.78. The van der Waals surface area contributed by atoms with Crippen LogP contribution in [0.2, 0.25) is 0 Å². The van der Waals surface area contributed by atoms with Crippen LogP contribution in [0.25, 0.3) is 11.2 Å². The Hall–Kier alpha value is -2.25. The fourth-order valence-electron chi connectivity index (χ4n) is 1.13.